The molecule has 2 heterocycles. The molecule has 0 saturated carbocycles. The molecule has 0 bridgehead atoms. The summed E-state index contributed by atoms with van der Waals surface area (Å²) in [5, 5.41) is 4.56. The Kier molecular flexibility index (Phi) is 3.98. The number of H-pyrrole nitrogens is 1. The van der Waals surface area contributed by atoms with E-state index in [1.165, 1.54) is 11.1 Å². The third kappa shape index (κ3) is 3.01. The standard InChI is InChI=1S/C20H20N4O/c1-13-3-8-17-16(11-13)18-19(24-17)20(23-12-22-18)21-10-9-14-4-6-15(25-2)7-5-14/h3-8,11-12,24H,9-10H2,1-2H3,(H,21,22,23). The number of aromatic amines is 1. The molecule has 5 heteroatoms. The number of benzene rings is 2. The van der Waals surface area contributed by atoms with Gasteiger partial charge in [-0.2, -0.15) is 0 Å². The van der Waals surface area contributed by atoms with E-state index in [-0.39, 0.29) is 0 Å². The minimum Gasteiger partial charge on any atom is -0.497 e. The number of aromatic nitrogens is 3. The summed E-state index contributed by atoms with van der Waals surface area (Å²) < 4.78 is 5.19. The number of aryl methyl sites for hydroxylation is 1. The van der Waals surface area contributed by atoms with E-state index in [1.54, 1.807) is 13.4 Å². The highest BCUT2D eigenvalue weighted by atomic mass is 16.5. The van der Waals surface area contributed by atoms with Gasteiger partial charge in [0.2, 0.25) is 0 Å². The van der Waals surface area contributed by atoms with E-state index in [2.05, 4.69) is 57.5 Å². The molecule has 0 unspecified atom stereocenters. The van der Waals surface area contributed by atoms with Crippen molar-refractivity contribution in [2.75, 3.05) is 19.0 Å². The van der Waals surface area contributed by atoms with Crippen LogP contribution in [0.5, 0.6) is 5.75 Å². The normalized spacial score (nSPS) is 11.1. The summed E-state index contributed by atoms with van der Waals surface area (Å²) in [5.41, 5.74) is 5.48. The van der Waals surface area contributed by atoms with Crippen molar-refractivity contribution in [2.45, 2.75) is 13.3 Å². The molecule has 4 rings (SSSR count). The van der Waals surface area contributed by atoms with Gasteiger partial charge < -0.3 is 15.0 Å². The van der Waals surface area contributed by atoms with Crippen molar-refractivity contribution in [3.05, 3.63) is 59.9 Å². The van der Waals surface area contributed by atoms with E-state index in [0.29, 0.717) is 0 Å². The van der Waals surface area contributed by atoms with E-state index in [9.17, 15) is 0 Å². The van der Waals surface area contributed by atoms with Gasteiger partial charge in [0.1, 0.15) is 23.1 Å². The molecule has 5 nitrogen and oxygen atoms in total. The lowest BCUT2D eigenvalue weighted by molar-refractivity contribution is 0.414. The van der Waals surface area contributed by atoms with Gasteiger partial charge in [-0.3, -0.25) is 0 Å². The Balaban J connectivity index is 1.55. The lowest BCUT2D eigenvalue weighted by Crippen LogP contribution is -2.07. The highest BCUT2D eigenvalue weighted by molar-refractivity contribution is 6.08. The molecule has 4 aromatic rings. The van der Waals surface area contributed by atoms with Crippen LogP contribution in [-0.2, 0) is 6.42 Å². The van der Waals surface area contributed by atoms with Crippen LogP contribution in [0.25, 0.3) is 21.9 Å². The zero-order valence-electron chi connectivity index (χ0n) is 14.3. The maximum Gasteiger partial charge on any atom is 0.153 e. The van der Waals surface area contributed by atoms with E-state index in [4.69, 9.17) is 4.74 Å². The Labute approximate surface area is 146 Å². The monoisotopic (exact) mass is 332 g/mol. The number of rotatable bonds is 5. The van der Waals surface area contributed by atoms with E-state index in [1.807, 2.05) is 12.1 Å². The van der Waals surface area contributed by atoms with Crippen molar-refractivity contribution in [1.29, 1.82) is 0 Å². The molecule has 0 aliphatic rings. The molecular formula is C20H20N4O. The average molecular weight is 332 g/mol. The number of anilines is 1. The smallest absolute Gasteiger partial charge is 0.153 e. The van der Waals surface area contributed by atoms with Crippen molar-refractivity contribution >= 4 is 27.8 Å². The van der Waals surface area contributed by atoms with Crippen molar-refractivity contribution in [3.63, 3.8) is 0 Å². The quantitative estimate of drug-likeness (QED) is 0.578. The summed E-state index contributed by atoms with van der Waals surface area (Å²) in [5.74, 6) is 1.72. The van der Waals surface area contributed by atoms with Gasteiger partial charge in [0.25, 0.3) is 0 Å². The van der Waals surface area contributed by atoms with Crippen LogP contribution in [0, 0.1) is 6.92 Å². The number of nitrogens with one attached hydrogen (secondary N) is 2. The molecule has 25 heavy (non-hydrogen) atoms. The predicted molar refractivity (Wildman–Crippen MR) is 101 cm³/mol. The van der Waals surface area contributed by atoms with Crippen LogP contribution in [0.3, 0.4) is 0 Å². The number of nitrogens with zero attached hydrogens (tertiary/aromatic N) is 2. The molecule has 2 aromatic carbocycles. The summed E-state index contributed by atoms with van der Waals surface area (Å²) in [6.07, 6.45) is 2.53. The van der Waals surface area contributed by atoms with Gasteiger partial charge in [-0.05, 0) is 43.2 Å². The first kappa shape index (κ1) is 15.4. The number of methoxy groups -OCH3 is 1. The van der Waals surface area contributed by atoms with E-state index >= 15 is 0 Å². The summed E-state index contributed by atoms with van der Waals surface area (Å²) in [6.45, 7) is 2.89. The molecule has 2 N–H and O–H groups in total. The zero-order valence-corrected chi connectivity index (χ0v) is 14.3. The topological polar surface area (TPSA) is 62.8 Å². The fourth-order valence-electron chi connectivity index (χ4n) is 3.06. The van der Waals surface area contributed by atoms with Crippen LogP contribution in [0.2, 0.25) is 0 Å². The van der Waals surface area contributed by atoms with E-state index < -0.39 is 0 Å². The van der Waals surface area contributed by atoms with Crippen LogP contribution in [0.15, 0.2) is 48.8 Å². The first-order valence-electron chi connectivity index (χ1n) is 8.34. The SMILES string of the molecule is COc1ccc(CCNc2ncnc3c2[nH]c2ccc(C)cc23)cc1. The highest BCUT2D eigenvalue weighted by Crippen LogP contribution is 2.27. The molecule has 0 aliphatic heterocycles. The number of hydrogen-bond acceptors (Lipinski definition) is 4. The Morgan fingerprint density at radius 1 is 1.08 bits per heavy atom. The van der Waals surface area contributed by atoms with Crippen molar-refractivity contribution < 1.29 is 4.74 Å². The summed E-state index contributed by atoms with van der Waals surface area (Å²) in [7, 11) is 1.68. The Bertz CT molecular complexity index is 1020. The number of fused-ring (bicyclic) bond motifs is 3. The van der Waals surface area contributed by atoms with Crippen LogP contribution >= 0.6 is 0 Å². The van der Waals surface area contributed by atoms with Gasteiger partial charge in [0, 0.05) is 17.4 Å². The molecule has 2 aromatic heterocycles. The summed E-state index contributed by atoms with van der Waals surface area (Å²) in [6, 6.07) is 14.5. The second-order valence-corrected chi connectivity index (χ2v) is 6.14. The first-order valence-corrected chi connectivity index (χ1v) is 8.34. The van der Waals surface area contributed by atoms with Crippen LogP contribution < -0.4 is 10.1 Å². The molecule has 0 aliphatic carbocycles. The van der Waals surface area contributed by atoms with Gasteiger partial charge >= 0.3 is 0 Å². The lowest BCUT2D eigenvalue weighted by Gasteiger charge is -2.07. The Morgan fingerprint density at radius 2 is 1.92 bits per heavy atom. The van der Waals surface area contributed by atoms with Gasteiger partial charge in [0.15, 0.2) is 5.82 Å². The minimum atomic E-state index is 0.798. The fraction of sp³-hybridized carbons (Fsp3) is 0.200. The molecule has 0 spiro atoms. The van der Waals surface area contributed by atoms with Gasteiger partial charge in [-0.25, -0.2) is 9.97 Å². The van der Waals surface area contributed by atoms with Gasteiger partial charge in [0.05, 0.1) is 7.11 Å². The predicted octanol–water partition coefficient (Wildman–Crippen LogP) is 4.08. The molecular weight excluding hydrogens is 312 g/mol. The van der Waals surface area contributed by atoms with Crippen molar-refractivity contribution in [3.8, 4) is 5.75 Å². The second kappa shape index (κ2) is 6.43. The van der Waals surface area contributed by atoms with Gasteiger partial charge in [-0.1, -0.05) is 23.8 Å². The van der Waals surface area contributed by atoms with Crippen LogP contribution in [-0.4, -0.2) is 28.6 Å². The molecule has 0 radical (unpaired) electrons. The zero-order chi connectivity index (χ0) is 17.2. The third-order valence-electron chi connectivity index (χ3n) is 4.40. The largest absolute Gasteiger partial charge is 0.497 e. The second-order valence-electron chi connectivity index (χ2n) is 6.14. The molecule has 126 valence electrons. The van der Waals surface area contributed by atoms with Crippen LogP contribution in [0.4, 0.5) is 5.82 Å². The van der Waals surface area contributed by atoms with Crippen LogP contribution in [0.1, 0.15) is 11.1 Å². The third-order valence-corrected chi connectivity index (χ3v) is 4.40. The maximum atomic E-state index is 5.19. The number of hydrogen-bond donors (Lipinski definition) is 2. The molecule has 0 fully saturated rings. The molecule has 0 amide bonds. The van der Waals surface area contributed by atoms with E-state index in [0.717, 1.165) is 46.5 Å². The summed E-state index contributed by atoms with van der Waals surface area (Å²) in [4.78, 5) is 12.3. The summed E-state index contributed by atoms with van der Waals surface area (Å²) >= 11 is 0. The van der Waals surface area contributed by atoms with Crippen molar-refractivity contribution in [2.24, 2.45) is 0 Å². The molecule has 0 atom stereocenters. The minimum absolute atomic E-state index is 0.798. The average Bonchev–Trinajstić information content (AvgIpc) is 3.01. The van der Waals surface area contributed by atoms with Gasteiger partial charge in [-0.15, -0.1) is 0 Å². The van der Waals surface area contributed by atoms with Crippen molar-refractivity contribution in [1.82, 2.24) is 15.0 Å². The Hall–Kier alpha value is -3.08. The first-order chi connectivity index (χ1) is 12.2. The lowest BCUT2D eigenvalue weighted by atomic mass is 10.1. The Morgan fingerprint density at radius 3 is 2.72 bits per heavy atom. The number of ether oxygens (including phenoxy) is 1. The highest BCUT2D eigenvalue weighted by Gasteiger charge is 2.10. The fourth-order valence-corrected chi connectivity index (χ4v) is 3.06. The maximum absolute atomic E-state index is 5.19. The molecule has 0 saturated heterocycles.